The van der Waals surface area contributed by atoms with E-state index in [9.17, 15) is 4.39 Å². The number of hydrogen-bond acceptors (Lipinski definition) is 4. The van der Waals surface area contributed by atoms with E-state index >= 15 is 0 Å². The van der Waals surface area contributed by atoms with Crippen molar-refractivity contribution in [1.82, 2.24) is 5.32 Å². The third-order valence-electron chi connectivity index (χ3n) is 3.77. The molecule has 0 amide bonds. The zero-order valence-electron chi connectivity index (χ0n) is 12.9. The largest absolute Gasteiger partial charge is 0.494 e. The topological polar surface area (TPSA) is 21.3 Å². The molecule has 1 aromatic carbocycles. The highest BCUT2D eigenvalue weighted by Gasteiger charge is 2.30. The number of thioether (sulfide) groups is 2. The molecule has 0 aromatic heterocycles. The van der Waals surface area contributed by atoms with Crippen LogP contribution in [0.1, 0.15) is 19.4 Å². The molecular weight excluding hydrogens is 305 g/mol. The summed E-state index contributed by atoms with van der Waals surface area (Å²) < 4.78 is 18.8. The van der Waals surface area contributed by atoms with Crippen LogP contribution in [0.5, 0.6) is 5.75 Å². The van der Waals surface area contributed by atoms with Crippen molar-refractivity contribution in [2.24, 2.45) is 0 Å². The average Bonchev–Trinajstić information content (AvgIpc) is 2.47. The molecule has 0 saturated carbocycles. The van der Waals surface area contributed by atoms with Crippen molar-refractivity contribution in [3.05, 3.63) is 29.6 Å². The number of benzene rings is 1. The van der Waals surface area contributed by atoms with Crippen LogP contribution in [0.25, 0.3) is 0 Å². The molecule has 21 heavy (non-hydrogen) atoms. The third-order valence-corrected chi connectivity index (χ3v) is 7.02. The van der Waals surface area contributed by atoms with Gasteiger partial charge in [-0.1, -0.05) is 19.9 Å². The zero-order valence-corrected chi connectivity index (χ0v) is 14.5. The van der Waals surface area contributed by atoms with E-state index < -0.39 is 0 Å². The fraction of sp³-hybridized carbons (Fsp3) is 0.625. The van der Waals surface area contributed by atoms with Gasteiger partial charge in [-0.05, 0) is 30.7 Å². The van der Waals surface area contributed by atoms with Crippen LogP contribution in [0, 0.1) is 5.82 Å². The Hall–Kier alpha value is -0.390. The molecule has 2 rings (SSSR count). The van der Waals surface area contributed by atoms with Gasteiger partial charge in [0.15, 0.2) is 11.6 Å². The molecule has 0 aliphatic carbocycles. The van der Waals surface area contributed by atoms with Crippen molar-refractivity contribution in [3.8, 4) is 5.75 Å². The van der Waals surface area contributed by atoms with E-state index in [1.165, 1.54) is 18.6 Å². The first kappa shape index (κ1) is 17.0. The van der Waals surface area contributed by atoms with Crippen molar-refractivity contribution in [1.29, 1.82) is 0 Å². The Morgan fingerprint density at radius 1 is 1.38 bits per heavy atom. The molecule has 1 heterocycles. The minimum atomic E-state index is -0.274. The molecule has 3 atom stereocenters. The second-order valence-electron chi connectivity index (χ2n) is 5.25. The summed E-state index contributed by atoms with van der Waals surface area (Å²) in [7, 11) is 1.50. The van der Waals surface area contributed by atoms with Gasteiger partial charge >= 0.3 is 0 Å². The van der Waals surface area contributed by atoms with Gasteiger partial charge in [0.25, 0.3) is 0 Å². The molecule has 1 fully saturated rings. The average molecular weight is 330 g/mol. The fourth-order valence-corrected chi connectivity index (χ4v) is 5.71. The van der Waals surface area contributed by atoms with Gasteiger partial charge in [-0.2, -0.15) is 23.5 Å². The van der Waals surface area contributed by atoms with Crippen LogP contribution in [0.2, 0.25) is 0 Å². The van der Waals surface area contributed by atoms with E-state index in [4.69, 9.17) is 4.74 Å². The van der Waals surface area contributed by atoms with E-state index in [0.717, 1.165) is 18.5 Å². The van der Waals surface area contributed by atoms with Crippen LogP contribution in [-0.4, -0.2) is 41.7 Å². The van der Waals surface area contributed by atoms with Gasteiger partial charge in [0.1, 0.15) is 0 Å². The molecule has 1 aliphatic heterocycles. The van der Waals surface area contributed by atoms with Gasteiger partial charge in [-0.15, -0.1) is 0 Å². The monoisotopic (exact) mass is 329 g/mol. The highest BCUT2D eigenvalue weighted by Crippen LogP contribution is 2.34. The molecule has 0 bridgehead atoms. The second kappa shape index (κ2) is 8.30. The van der Waals surface area contributed by atoms with Crippen LogP contribution >= 0.6 is 23.5 Å². The lowest BCUT2D eigenvalue weighted by atomic mass is 10.0. The molecule has 1 N–H and O–H groups in total. The molecule has 118 valence electrons. The third kappa shape index (κ3) is 4.54. The Morgan fingerprint density at radius 3 is 2.76 bits per heavy atom. The first-order valence-electron chi connectivity index (χ1n) is 7.44. The van der Waals surface area contributed by atoms with E-state index in [0.29, 0.717) is 22.3 Å². The van der Waals surface area contributed by atoms with E-state index in [2.05, 4.69) is 19.2 Å². The van der Waals surface area contributed by atoms with E-state index in [-0.39, 0.29) is 5.82 Å². The minimum Gasteiger partial charge on any atom is -0.494 e. The minimum absolute atomic E-state index is 0.274. The van der Waals surface area contributed by atoms with Gasteiger partial charge in [0.05, 0.1) is 7.11 Å². The smallest absolute Gasteiger partial charge is 0.165 e. The quantitative estimate of drug-likeness (QED) is 0.860. The molecule has 2 nitrogen and oxygen atoms in total. The summed E-state index contributed by atoms with van der Waals surface area (Å²) in [5.41, 5.74) is 1.03. The Bertz CT molecular complexity index is 458. The Morgan fingerprint density at radius 2 is 2.14 bits per heavy atom. The summed E-state index contributed by atoms with van der Waals surface area (Å²) in [6, 6.07) is 5.68. The maximum Gasteiger partial charge on any atom is 0.165 e. The maximum atomic E-state index is 13.9. The number of nitrogens with one attached hydrogen (secondary N) is 1. The summed E-state index contributed by atoms with van der Waals surface area (Å²) in [5, 5.41) is 4.80. The first-order chi connectivity index (χ1) is 10.2. The second-order valence-corrected chi connectivity index (χ2v) is 8.02. The normalized spacial score (nSPS) is 23.8. The summed E-state index contributed by atoms with van der Waals surface area (Å²) in [6.07, 6.45) is 0.858. The van der Waals surface area contributed by atoms with Crippen LogP contribution < -0.4 is 10.1 Å². The standard InChI is InChI=1S/C16H24FNOS2/c1-4-18-14(16-11(2)20-7-8-21-16)10-12-5-6-15(19-3)13(17)9-12/h5-6,9,11,14,16,18H,4,7-8,10H2,1-3H3. The predicted octanol–water partition coefficient (Wildman–Crippen LogP) is 3.59. The number of halogens is 1. The summed E-state index contributed by atoms with van der Waals surface area (Å²) >= 11 is 4.09. The van der Waals surface area contributed by atoms with Crippen LogP contribution in [0.15, 0.2) is 18.2 Å². The van der Waals surface area contributed by atoms with Crippen molar-refractivity contribution < 1.29 is 9.13 Å². The number of ether oxygens (including phenoxy) is 1. The first-order valence-corrected chi connectivity index (χ1v) is 9.54. The lowest BCUT2D eigenvalue weighted by Gasteiger charge is -2.35. The van der Waals surface area contributed by atoms with Crippen LogP contribution in [0.4, 0.5) is 4.39 Å². The van der Waals surface area contributed by atoms with Gasteiger partial charge < -0.3 is 10.1 Å². The zero-order chi connectivity index (χ0) is 15.2. The van der Waals surface area contributed by atoms with E-state index in [1.54, 1.807) is 12.1 Å². The SMILES string of the molecule is CCNC(Cc1ccc(OC)c(F)c1)C1SCCSC1C. The van der Waals surface area contributed by atoms with Gasteiger partial charge in [-0.3, -0.25) is 0 Å². The van der Waals surface area contributed by atoms with E-state index in [1.807, 2.05) is 29.6 Å². The Labute approximate surface area is 135 Å². The molecular formula is C16H24FNOS2. The van der Waals surface area contributed by atoms with Crippen molar-refractivity contribution >= 4 is 23.5 Å². The fourth-order valence-electron chi connectivity index (χ4n) is 2.75. The molecule has 5 heteroatoms. The number of hydrogen-bond donors (Lipinski definition) is 1. The van der Waals surface area contributed by atoms with Crippen LogP contribution in [-0.2, 0) is 6.42 Å². The highest BCUT2D eigenvalue weighted by atomic mass is 32.2. The highest BCUT2D eigenvalue weighted by molar-refractivity contribution is 8.07. The van der Waals surface area contributed by atoms with Crippen LogP contribution in [0.3, 0.4) is 0 Å². The Kier molecular flexibility index (Phi) is 6.71. The molecule has 1 aliphatic rings. The van der Waals surface area contributed by atoms with Crippen molar-refractivity contribution in [2.45, 2.75) is 36.8 Å². The number of methoxy groups -OCH3 is 1. The van der Waals surface area contributed by atoms with Crippen molar-refractivity contribution in [2.75, 3.05) is 25.2 Å². The van der Waals surface area contributed by atoms with Gasteiger partial charge in [0.2, 0.25) is 0 Å². The number of rotatable bonds is 6. The molecule has 1 aromatic rings. The predicted molar refractivity (Wildman–Crippen MR) is 92.3 cm³/mol. The summed E-state index contributed by atoms with van der Waals surface area (Å²) in [4.78, 5) is 0. The van der Waals surface area contributed by atoms with Crippen molar-refractivity contribution in [3.63, 3.8) is 0 Å². The molecule has 0 radical (unpaired) electrons. The molecule has 0 spiro atoms. The lowest BCUT2D eigenvalue weighted by Crippen LogP contribution is -2.45. The van der Waals surface area contributed by atoms with Gasteiger partial charge in [0, 0.05) is 28.0 Å². The number of likely N-dealkylation sites (N-methyl/N-ethyl adjacent to an activating group) is 1. The molecule has 1 saturated heterocycles. The van der Waals surface area contributed by atoms with Gasteiger partial charge in [-0.25, -0.2) is 4.39 Å². The lowest BCUT2D eigenvalue weighted by molar-refractivity contribution is 0.385. The molecule has 3 unspecified atom stereocenters. The summed E-state index contributed by atoms with van der Waals surface area (Å²) in [5.74, 6) is 2.48. The maximum absolute atomic E-state index is 13.9. The summed E-state index contributed by atoms with van der Waals surface area (Å²) in [6.45, 7) is 5.38. The Balaban J connectivity index is 2.10.